The number of piperidine rings is 2. The molecule has 6 heteroatoms. The SMILES string of the molecule is N#CC1(c2cncc(Cl)c2)CC2CCCC(C1)N2c1c(O)c1=O. The predicted molar refractivity (Wildman–Crippen MR) is 86.4 cm³/mol. The van der Waals surface area contributed by atoms with Crippen LogP contribution in [-0.2, 0) is 5.41 Å². The van der Waals surface area contributed by atoms with Gasteiger partial charge in [-0.3, -0.25) is 9.78 Å². The Hall–Kier alpha value is -2.06. The van der Waals surface area contributed by atoms with Crippen LogP contribution >= 0.6 is 11.6 Å². The van der Waals surface area contributed by atoms with Crippen molar-refractivity contribution in [2.45, 2.75) is 49.6 Å². The average Bonchev–Trinajstić information content (AvgIpc) is 3.12. The van der Waals surface area contributed by atoms with Gasteiger partial charge in [-0.2, -0.15) is 5.26 Å². The molecule has 0 spiro atoms. The lowest BCUT2D eigenvalue weighted by atomic mass is 9.66. The van der Waals surface area contributed by atoms with E-state index in [1.165, 1.54) is 0 Å². The van der Waals surface area contributed by atoms with Crippen LogP contribution in [0.3, 0.4) is 0 Å². The minimum Gasteiger partial charge on any atom is -0.503 e. The fourth-order valence-corrected chi connectivity index (χ4v) is 4.45. The molecule has 0 aliphatic carbocycles. The van der Waals surface area contributed by atoms with E-state index in [9.17, 15) is 15.2 Å². The van der Waals surface area contributed by atoms with Crippen molar-refractivity contribution in [2.24, 2.45) is 0 Å². The smallest absolute Gasteiger partial charge is 0.249 e. The molecule has 0 saturated carbocycles. The maximum atomic E-state index is 11.6. The molecule has 0 amide bonds. The number of fused-ring (bicyclic) bond motifs is 2. The Morgan fingerprint density at radius 3 is 2.52 bits per heavy atom. The molecule has 1 aromatic carbocycles. The number of hydrogen-bond donors (Lipinski definition) is 1. The summed E-state index contributed by atoms with van der Waals surface area (Å²) in [6.07, 6.45) is 7.49. The van der Waals surface area contributed by atoms with Gasteiger partial charge in [0, 0.05) is 24.5 Å². The summed E-state index contributed by atoms with van der Waals surface area (Å²) in [6.45, 7) is 0. The van der Waals surface area contributed by atoms with Gasteiger partial charge < -0.3 is 10.0 Å². The largest absolute Gasteiger partial charge is 0.503 e. The second kappa shape index (κ2) is 4.97. The van der Waals surface area contributed by atoms with Gasteiger partial charge in [0.05, 0.1) is 16.5 Å². The minimum atomic E-state index is -0.627. The molecule has 5 nitrogen and oxygen atoms in total. The third-order valence-electron chi connectivity index (χ3n) is 5.35. The molecule has 2 aromatic rings. The van der Waals surface area contributed by atoms with E-state index in [2.05, 4.69) is 16.0 Å². The molecule has 118 valence electrons. The molecule has 2 fully saturated rings. The zero-order chi connectivity index (χ0) is 16.2. The molecule has 0 radical (unpaired) electrons. The summed E-state index contributed by atoms with van der Waals surface area (Å²) < 4.78 is 0. The number of anilines is 1. The molecular formula is C17H16ClN3O2. The van der Waals surface area contributed by atoms with Gasteiger partial charge in [-0.15, -0.1) is 0 Å². The molecule has 2 bridgehead atoms. The van der Waals surface area contributed by atoms with Crippen LogP contribution < -0.4 is 10.3 Å². The fraction of sp³-hybridized carbons (Fsp3) is 0.471. The molecule has 4 rings (SSSR count). The van der Waals surface area contributed by atoms with E-state index in [1.807, 2.05) is 6.07 Å². The summed E-state index contributed by atoms with van der Waals surface area (Å²) in [5, 5.41) is 20.1. The summed E-state index contributed by atoms with van der Waals surface area (Å²) in [4.78, 5) is 17.8. The standard InChI is InChI=1S/C17H16ClN3O2/c18-11-4-10(7-20-8-11)17(9-19)5-12-2-1-3-13(6-17)21(12)14-15(22)16(14)23/h4,7-8,12-13,22H,1-3,5-6H2. The Morgan fingerprint density at radius 2 is 2.00 bits per heavy atom. The number of aromatic nitrogens is 1. The summed E-state index contributed by atoms with van der Waals surface area (Å²) in [7, 11) is 0. The summed E-state index contributed by atoms with van der Waals surface area (Å²) in [5.74, 6) is -0.101. The highest BCUT2D eigenvalue weighted by molar-refractivity contribution is 6.30. The summed E-state index contributed by atoms with van der Waals surface area (Å²) in [5.41, 5.74) is 0.453. The number of halogens is 1. The quantitative estimate of drug-likeness (QED) is 0.916. The predicted octanol–water partition coefficient (Wildman–Crippen LogP) is 2.66. The highest BCUT2D eigenvalue weighted by Crippen LogP contribution is 2.49. The molecular weight excluding hydrogens is 314 g/mol. The monoisotopic (exact) mass is 329 g/mol. The van der Waals surface area contributed by atoms with E-state index in [0.717, 1.165) is 24.8 Å². The highest BCUT2D eigenvalue weighted by atomic mass is 35.5. The molecule has 2 unspecified atom stereocenters. The van der Waals surface area contributed by atoms with Crippen LogP contribution in [0.1, 0.15) is 37.7 Å². The van der Waals surface area contributed by atoms with Gasteiger partial charge in [0.1, 0.15) is 5.69 Å². The van der Waals surface area contributed by atoms with E-state index < -0.39 is 5.41 Å². The van der Waals surface area contributed by atoms with Gasteiger partial charge in [0.15, 0.2) is 5.75 Å². The van der Waals surface area contributed by atoms with E-state index in [1.54, 1.807) is 12.4 Å². The molecule has 1 aromatic heterocycles. The molecule has 1 N–H and O–H groups in total. The van der Waals surface area contributed by atoms with Crippen molar-refractivity contribution < 1.29 is 5.11 Å². The molecule has 3 heterocycles. The zero-order valence-electron chi connectivity index (χ0n) is 12.5. The van der Waals surface area contributed by atoms with Gasteiger partial charge in [0.2, 0.25) is 5.43 Å². The Kier molecular flexibility index (Phi) is 3.14. The number of nitriles is 1. The first kappa shape index (κ1) is 14.5. The van der Waals surface area contributed by atoms with E-state index in [0.29, 0.717) is 23.6 Å². The number of nitrogens with zero attached hydrogens (tertiary/aromatic N) is 3. The Morgan fingerprint density at radius 1 is 1.35 bits per heavy atom. The number of hydrogen-bond acceptors (Lipinski definition) is 5. The third-order valence-corrected chi connectivity index (χ3v) is 5.56. The van der Waals surface area contributed by atoms with Crippen molar-refractivity contribution in [3.05, 3.63) is 39.3 Å². The second-order valence-electron chi connectivity index (χ2n) is 6.67. The minimum absolute atomic E-state index is 0.101. The van der Waals surface area contributed by atoms with Gasteiger partial charge in [-0.25, -0.2) is 0 Å². The number of pyridine rings is 1. The Labute approximate surface area is 138 Å². The number of aromatic hydroxyl groups is 1. The molecule has 2 saturated heterocycles. The van der Waals surface area contributed by atoms with Crippen LogP contribution in [0.4, 0.5) is 5.69 Å². The van der Waals surface area contributed by atoms with Crippen LogP contribution in [0.2, 0.25) is 5.02 Å². The van der Waals surface area contributed by atoms with Crippen LogP contribution in [0.15, 0.2) is 23.3 Å². The van der Waals surface area contributed by atoms with Crippen molar-refractivity contribution in [2.75, 3.05) is 4.90 Å². The van der Waals surface area contributed by atoms with Crippen LogP contribution in [0, 0.1) is 11.3 Å². The van der Waals surface area contributed by atoms with Crippen molar-refractivity contribution in [3.63, 3.8) is 0 Å². The molecule has 2 aliphatic rings. The average molecular weight is 330 g/mol. The fourth-order valence-electron chi connectivity index (χ4n) is 4.28. The Bertz CT molecular complexity index is 804. The lowest BCUT2D eigenvalue weighted by Crippen LogP contribution is -2.56. The van der Waals surface area contributed by atoms with Crippen LogP contribution in [0.5, 0.6) is 5.75 Å². The van der Waals surface area contributed by atoms with Crippen molar-refractivity contribution in [1.82, 2.24) is 4.98 Å². The lowest BCUT2D eigenvalue weighted by molar-refractivity contribution is 0.231. The van der Waals surface area contributed by atoms with E-state index in [4.69, 9.17) is 11.6 Å². The molecule has 2 atom stereocenters. The van der Waals surface area contributed by atoms with Gasteiger partial charge in [0.25, 0.3) is 0 Å². The number of rotatable bonds is 2. The second-order valence-corrected chi connectivity index (χ2v) is 7.10. The van der Waals surface area contributed by atoms with Gasteiger partial charge in [-0.1, -0.05) is 11.6 Å². The zero-order valence-corrected chi connectivity index (χ0v) is 13.3. The highest BCUT2D eigenvalue weighted by Gasteiger charge is 2.50. The molecule has 23 heavy (non-hydrogen) atoms. The molecule has 2 aliphatic heterocycles. The lowest BCUT2D eigenvalue weighted by Gasteiger charge is -2.51. The van der Waals surface area contributed by atoms with Crippen molar-refractivity contribution in [1.29, 1.82) is 5.26 Å². The topological polar surface area (TPSA) is 77.2 Å². The van der Waals surface area contributed by atoms with E-state index in [-0.39, 0.29) is 23.3 Å². The van der Waals surface area contributed by atoms with Crippen molar-refractivity contribution >= 4 is 17.3 Å². The maximum Gasteiger partial charge on any atom is 0.249 e. The van der Waals surface area contributed by atoms with E-state index >= 15 is 0 Å². The first-order valence-corrected chi connectivity index (χ1v) is 8.22. The van der Waals surface area contributed by atoms with Gasteiger partial charge in [-0.05, 0) is 43.7 Å². The summed E-state index contributed by atoms with van der Waals surface area (Å²) >= 11 is 6.06. The summed E-state index contributed by atoms with van der Waals surface area (Å²) in [6, 6.07) is 4.53. The van der Waals surface area contributed by atoms with Crippen LogP contribution in [0.25, 0.3) is 0 Å². The van der Waals surface area contributed by atoms with Crippen molar-refractivity contribution in [3.8, 4) is 11.8 Å². The van der Waals surface area contributed by atoms with Gasteiger partial charge >= 0.3 is 0 Å². The first-order chi connectivity index (χ1) is 11.1. The maximum absolute atomic E-state index is 11.6. The normalized spacial score (nSPS) is 30.3. The first-order valence-electron chi connectivity index (χ1n) is 7.84. The Balaban J connectivity index is 1.72. The van der Waals surface area contributed by atoms with Crippen LogP contribution in [-0.4, -0.2) is 22.2 Å². The third kappa shape index (κ3) is 2.13.